The maximum atomic E-state index is 12.1. The number of likely N-dealkylation sites (tertiary alicyclic amines) is 1. The van der Waals surface area contributed by atoms with Gasteiger partial charge in [-0.25, -0.2) is 14.8 Å². The fourth-order valence-electron chi connectivity index (χ4n) is 2.07. The maximum absolute atomic E-state index is 12.1. The molecule has 114 valence electrons. The van der Waals surface area contributed by atoms with Crippen molar-refractivity contribution in [2.45, 2.75) is 6.04 Å². The molecule has 0 saturated carbocycles. The molecule has 0 aliphatic carbocycles. The van der Waals surface area contributed by atoms with Crippen LogP contribution in [0.2, 0.25) is 10.0 Å². The van der Waals surface area contributed by atoms with Gasteiger partial charge in [-0.1, -0.05) is 23.2 Å². The third-order valence-corrected chi connectivity index (χ3v) is 3.98. The van der Waals surface area contributed by atoms with Gasteiger partial charge in [0, 0.05) is 31.2 Å². The van der Waals surface area contributed by atoms with Crippen molar-refractivity contribution in [3.05, 3.63) is 46.7 Å². The number of hydrogen-bond donors (Lipinski definition) is 2. The minimum atomic E-state index is -0.176. The van der Waals surface area contributed by atoms with Gasteiger partial charge in [-0.05, 0) is 24.3 Å². The zero-order valence-electron chi connectivity index (χ0n) is 11.5. The number of nitrogens with zero attached hydrogens (tertiary/aromatic N) is 3. The largest absolute Gasteiger partial charge is 0.348 e. The number of nitrogens with one attached hydrogen (secondary N) is 2. The summed E-state index contributed by atoms with van der Waals surface area (Å²) in [5.74, 6) is 0.567. The van der Waals surface area contributed by atoms with Crippen molar-refractivity contribution in [2.24, 2.45) is 0 Å². The van der Waals surface area contributed by atoms with E-state index >= 15 is 0 Å². The smallest absolute Gasteiger partial charge is 0.321 e. The highest BCUT2D eigenvalue weighted by Crippen LogP contribution is 2.25. The second kappa shape index (κ2) is 6.37. The quantitative estimate of drug-likeness (QED) is 0.902. The fraction of sp³-hybridized carbons (Fsp3) is 0.214. The van der Waals surface area contributed by atoms with Crippen LogP contribution in [-0.4, -0.2) is 40.0 Å². The van der Waals surface area contributed by atoms with Gasteiger partial charge < -0.3 is 15.5 Å². The zero-order chi connectivity index (χ0) is 15.5. The number of anilines is 2. The van der Waals surface area contributed by atoms with Gasteiger partial charge in [0.25, 0.3) is 0 Å². The van der Waals surface area contributed by atoms with E-state index in [4.69, 9.17) is 23.2 Å². The number of hydrogen-bond acceptors (Lipinski definition) is 4. The Kier molecular flexibility index (Phi) is 4.31. The molecule has 1 aromatic heterocycles. The minimum absolute atomic E-state index is 0.155. The molecule has 2 amide bonds. The number of benzene rings is 1. The Labute approximate surface area is 137 Å². The molecule has 6 nitrogen and oxygen atoms in total. The first-order chi connectivity index (χ1) is 10.6. The lowest BCUT2D eigenvalue weighted by Crippen LogP contribution is -2.58. The number of aromatic nitrogens is 2. The summed E-state index contributed by atoms with van der Waals surface area (Å²) >= 11 is 11.8. The summed E-state index contributed by atoms with van der Waals surface area (Å²) in [6.07, 6.45) is 3.34. The van der Waals surface area contributed by atoms with E-state index in [0.717, 1.165) is 0 Å². The van der Waals surface area contributed by atoms with E-state index in [9.17, 15) is 4.79 Å². The first-order valence-corrected chi connectivity index (χ1v) is 7.42. The van der Waals surface area contributed by atoms with Gasteiger partial charge in [-0.3, -0.25) is 0 Å². The molecule has 2 N–H and O–H groups in total. The Balaban J connectivity index is 1.50. The molecule has 2 heterocycles. The predicted molar refractivity (Wildman–Crippen MR) is 86.5 cm³/mol. The summed E-state index contributed by atoms with van der Waals surface area (Å²) in [4.78, 5) is 21.9. The van der Waals surface area contributed by atoms with Crippen LogP contribution in [0.5, 0.6) is 0 Å². The summed E-state index contributed by atoms with van der Waals surface area (Å²) in [5, 5.41) is 6.80. The van der Waals surface area contributed by atoms with Gasteiger partial charge in [-0.15, -0.1) is 0 Å². The normalized spacial score (nSPS) is 14.4. The Morgan fingerprint density at radius 3 is 2.59 bits per heavy atom. The van der Waals surface area contributed by atoms with Crippen LogP contribution in [0.3, 0.4) is 0 Å². The van der Waals surface area contributed by atoms with Crippen LogP contribution in [0, 0.1) is 0 Å². The Morgan fingerprint density at radius 1 is 1.18 bits per heavy atom. The Hall–Kier alpha value is -2.05. The summed E-state index contributed by atoms with van der Waals surface area (Å²) < 4.78 is 0. The molecule has 1 saturated heterocycles. The highest BCUT2D eigenvalue weighted by Gasteiger charge is 2.31. The molecule has 0 spiro atoms. The van der Waals surface area contributed by atoms with E-state index < -0.39 is 0 Å². The average Bonchev–Trinajstić information content (AvgIpc) is 2.47. The highest BCUT2D eigenvalue weighted by atomic mass is 35.5. The molecular formula is C14H13Cl2N5O. The van der Waals surface area contributed by atoms with Crippen molar-refractivity contribution in [1.82, 2.24) is 14.9 Å². The second-order valence-electron chi connectivity index (χ2n) is 4.88. The molecule has 0 bridgehead atoms. The van der Waals surface area contributed by atoms with Crippen molar-refractivity contribution in [2.75, 3.05) is 23.7 Å². The monoisotopic (exact) mass is 337 g/mol. The first kappa shape index (κ1) is 14.9. The number of halogens is 2. The molecular weight excluding hydrogens is 325 g/mol. The van der Waals surface area contributed by atoms with Crippen molar-refractivity contribution in [3.8, 4) is 0 Å². The van der Waals surface area contributed by atoms with Crippen molar-refractivity contribution in [3.63, 3.8) is 0 Å². The van der Waals surface area contributed by atoms with Gasteiger partial charge in [0.1, 0.15) is 0 Å². The van der Waals surface area contributed by atoms with Gasteiger partial charge >= 0.3 is 6.03 Å². The lowest BCUT2D eigenvalue weighted by molar-refractivity contribution is 0.171. The van der Waals surface area contributed by atoms with Crippen molar-refractivity contribution >= 4 is 40.9 Å². The maximum Gasteiger partial charge on any atom is 0.321 e. The van der Waals surface area contributed by atoms with Crippen LogP contribution in [0.4, 0.5) is 16.4 Å². The SMILES string of the molecule is O=C(Nc1ccc(Cl)c(Cl)c1)N1CC(Nc2ncccn2)C1. The molecule has 0 atom stereocenters. The number of carbonyl (C=O) groups excluding carboxylic acids is 1. The molecule has 1 fully saturated rings. The lowest BCUT2D eigenvalue weighted by atomic mass is 10.1. The molecule has 0 unspecified atom stereocenters. The number of carbonyl (C=O) groups is 1. The van der Waals surface area contributed by atoms with E-state index in [1.165, 1.54) is 0 Å². The first-order valence-electron chi connectivity index (χ1n) is 6.66. The summed E-state index contributed by atoms with van der Waals surface area (Å²) in [6, 6.07) is 6.71. The van der Waals surface area contributed by atoms with Crippen LogP contribution >= 0.6 is 23.2 Å². The minimum Gasteiger partial charge on any atom is -0.348 e. The summed E-state index contributed by atoms with van der Waals surface area (Å²) in [7, 11) is 0. The predicted octanol–water partition coefficient (Wildman–Crippen LogP) is 3.11. The standard InChI is InChI=1S/C14H13Cl2N5O/c15-11-3-2-9(6-12(11)16)20-14(22)21-7-10(8-21)19-13-17-4-1-5-18-13/h1-6,10H,7-8H2,(H,20,22)(H,17,18,19). The van der Waals surface area contributed by atoms with Gasteiger partial charge in [-0.2, -0.15) is 0 Å². The van der Waals surface area contributed by atoms with Crippen LogP contribution < -0.4 is 10.6 Å². The zero-order valence-corrected chi connectivity index (χ0v) is 13.0. The van der Waals surface area contributed by atoms with E-state index in [2.05, 4.69) is 20.6 Å². The second-order valence-corrected chi connectivity index (χ2v) is 5.69. The molecule has 22 heavy (non-hydrogen) atoms. The van der Waals surface area contributed by atoms with Crippen molar-refractivity contribution in [1.29, 1.82) is 0 Å². The molecule has 8 heteroatoms. The number of rotatable bonds is 3. The van der Waals surface area contributed by atoms with E-state index in [1.54, 1.807) is 41.6 Å². The third-order valence-electron chi connectivity index (χ3n) is 3.24. The number of amides is 2. The molecule has 1 aromatic carbocycles. The molecule has 3 rings (SSSR count). The summed E-state index contributed by atoms with van der Waals surface area (Å²) in [6.45, 7) is 1.18. The van der Waals surface area contributed by atoms with E-state index in [1.807, 2.05) is 0 Å². The fourth-order valence-corrected chi connectivity index (χ4v) is 2.37. The molecule has 0 radical (unpaired) electrons. The van der Waals surface area contributed by atoms with E-state index in [-0.39, 0.29) is 12.1 Å². The highest BCUT2D eigenvalue weighted by molar-refractivity contribution is 6.42. The number of urea groups is 1. The topological polar surface area (TPSA) is 70.2 Å². The van der Waals surface area contributed by atoms with Crippen molar-refractivity contribution < 1.29 is 4.79 Å². The molecule has 1 aliphatic heterocycles. The Morgan fingerprint density at radius 2 is 1.91 bits per heavy atom. The van der Waals surface area contributed by atoms with E-state index in [0.29, 0.717) is 34.8 Å². The van der Waals surface area contributed by atoms with Crippen LogP contribution in [-0.2, 0) is 0 Å². The van der Waals surface area contributed by atoms with Crippen LogP contribution in [0.15, 0.2) is 36.7 Å². The third kappa shape index (κ3) is 3.40. The van der Waals surface area contributed by atoms with Gasteiger partial charge in [0.2, 0.25) is 5.95 Å². The Bertz CT molecular complexity index is 676. The van der Waals surface area contributed by atoms with Crippen LogP contribution in [0.1, 0.15) is 0 Å². The average molecular weight is 338 g/mol. The summed E-state index contributed by atoms with van der Waals surface area (Å²) in [5.41, 5.74) is 0.613. The van der Waals surface area contributed by atoms with Gasteiger partial charge in [0.15, 0.2) is 0 Å². The van der Waals surface area contributed by atoms with Crippen LogP contribution in [0.25, 0.3) is 0 Å². The lowest BCUT2D eigenvalue weighted by Gasteiger charge is -2.39. The molecule has 2 aromatic rings. The van der Waals surface area contributed by atoms with Gasteiger partial charge in [0.05, 0.1) is 16.1 Å². The molecule has 1 aliphatic rings.